The van der Waals surface area contributed by atoms with Crippen LogP contribution < -0.4 is 5.32 Å². The third-order valence-electron chi connectivity index (χ3n) is 4.00. The molecule has 1 aliphatic heterocycles. The zero-order chi connectivity index (χ0) is 15.6. The van der Waals surface area contributed by atoms with Crippen LogP contribution in [0.5, 0.6) is 0 Å². The number of benzene rings is 1. The third kappa shape index (κ3) is 2.91. The first-order chi connectivity index (χ1) is 9.92. The Morgan fingerprint density at radius 2 is 2.14 bits per heavy atom. The quantitative estimate of drug-likeness (QED) is 0.906. The Morgan fingerprint density at radius 1 is 1.43 bits per heavy atom. The van der Waals surface area contributed by atoms with Gasteiger partial charge in [0.15, 0.2) is 0 Å². The second-order valence-electron chi connectivity index (χ2n) is 5.39. The van der Waals surface area contributed by atoms with Gasteiger partial charge in [0.25, 0.3) is 0 Å². The van der Waals surface area contributed by atoms with Crippen molar-refractivity contribution in [2.75, 3.05) is 20.3 Å². The average molecular weight is 298 g/mol. The lowest BCUT2D eigenvalue weighted by Gasteiger charge is -2.24. The number of carbonyl (C=O) groups is 1. The summed E-state index contributed by atoms with van der Waals surface area (Å²) in [4.78, 5) is 14.1. The molecule has 1 aliphatic rings. The van der Waals surface area contributed by atoms with Crippen molar-refractivity contribution in [3.8, 4) is 0 Å². The summed E-state index contributed by atoms with van der Waals surface area (Å²) in [7, 11) is 1.54. The van der Waals surface area contributed by atoms with Gasteiger partial charge in [-0.25, -0.2) is 8.78 Å². The van der Waals surface area contributed by atoms with Crippen LogP contribution in [0.2, 0.25) is 0 Å². The fraction of sp³-hybridized carbons (Fsp3) is 0.533. The number of amides is 1. The van der Waals surface area contributed by atoms with Crippen LogP contribution in [0.15, 0.2) is 18.2 Å². The summed E-state index contributed by atoms with van der Waals surface area (Å²) in [5, 5.41) is 3.16. The van der Waals surface area contributed by atoms with E-state index in [2.05, 4.69) is 5.32 Å². The van der Waals surface area contributed by atoms with Gasteiger partial charge in [-0.15, -0.1) is 0 Å². The number of hydrogen-bond acceptors (Lipinski definition) is 3. The highest BCUT2D eigenvalue weighted by atomic mass is 19.1. The van der Waals surface area contributed by atoms with Gasteiger partial charge in [0.1, 0.15) is 17.8 Å². The van der Waals surface area contributed by atoms with E-state index in [1.54, 1.807) is 18.9 Å². The molecule has 1 amide bonds. The fourth-order valence-electron chi connectivity index (χ4n) is 2.52. The largest absolute Gasteiger partial charge is 0.383 e. The Morgan fingerprint density at radius 3 is 2.71 bits per heavy atom. The van der Waals surface area contributed by atoms with E-state index in [9.17, 15) is 13.6 Å². The molecule has 2 atom stereocenters. The SMILES string of the molecule is CCC1(C)NC(c2ccc(F)cc2F)N(CCOC)C1=O. The summed E-state index contributed by atoms with van der Waals surface area (Å²) in [5.74, 6) is -1.40. The van der Waals surface area contributed by atoms with Crippen molar-refractivity contribution in [2.45, 2.75) is 32.0 Å². The molecule has 1 aromatic carbocycles. The number of nitrogens with zero attached hydrogens (tertiary/aromatic N) is 1. The monoisotopic (exact) mass is 298 g/mol. The lowest BCUT2D eigenvalue weighted by atomic mass is 9.99. The maximum absolute atomic E-state index is 14.0. The highest BCUT2D eigenvalue weighted by molar-refractivity contribution is 5.88. The summed E-state index contributed by atoms with van der Waals surface area (Å²) in [5.41, 5.74) is -0.489. The topological polar surface area (TPSA) is 41.6 Å². The minimum Gasteiger partial charge on any atom is -0.383 e. The van der Waals surface area contributed by atoms with Crippen molar-refractivity contribution in [1.29, 1.82) is 0 Å². The zero-order valence-corrected chi connectivity index (χ0v) is 12.5. The van der Waals surface area contributed by atoms with E-state index in [-0.39, 0.29) is 11.5 Å². The number of hydrogen-bond donors (Lipinski definition) is 1. The van der Waals surface area contributed by atoms with Crippen molar-refractivity contribution in [3.05, 3.63) is 35.4 Å². The molecule has 2 rings (SSSR count). The second kappa shape index (κ2) is 6.07. The molecule has 4 nitrogen and oxygen atoms in total. The number of carbonyl (C=O) groups excluding carboxylic acids is 1. The molecule has 21 heavy (non-hydrogen) atoms. The molecule has 0 aliphatic carbocycles. The van der Waals surface area contributed by atoms with E-state index >= 15 is 0 Å². The second-order valence-corrected chi connectivity index (χ2v) is 5.39. The Balaban J connectivity index is 2.36. The highest BCUT2D eigenvalue weighted by Crippen LogP contribution is 2.33. The van der Waals surface area contributed by atoms with Gasteiger partial charge in [-0.1, -0.05) is 6.92 Å². The molecule has 0 bridgehead atoms. The Hall–Kier alpha value is -1.53. The highest BCUT2D eigenvalue weighted by Gasteiger charge is 2.47. The zero-order valence-electron chi connectivity index (χ0n) is 12.5. The molecule has 1 heterocycles. The molecule has 0 saturated carbocycles. The van der Waals surface area contributed by atoms with Gasteiger partial charge in [-0.2, -0.15) is 0 Å². The molecular weight excluding hydrogens is 278 g/mol. The van der Waals surface area contributed by atoms with E-state index in [4.69, 9.17) is 4.74 Å². The number of methoxy groups -OCH3 is 1. The Kier molecular flexibility index (Phi) is 4.58. The van der Waals surface area contributed by atoms with Crippen LogP contribution >= 0.6 is 0 Å². The van der Waals surface area contributed by atoms with Gasteiger partial charge in [0.2, 0.25) is 5.91 Å². The van der Waals surface area contributed by atoms with E-state index in [1.165, 1.54) is 12.1 Å². The van der Waals surface area contributed by atoms with E-state index in [1.807, 2.05) is 6.92 Å². The molecule has 1 aromatic rings. The standard InChI is InChI=1S/C15H20F2N2O2/c1-4-15(2)14(20)19(7-8-21-3)13(18-15)11-6-5-10(16)9-12(11)17/h5-6,9,13,18H,4,7-8H2,1-3H3. The summed E-state index contributed by atoms with van der Waals surface area (Å²) < 4.78 is 32.1. The van der Waals surface area contributed by atoms with Crippen molar-refractivity contribution in [2.24, 2.45) is 0 Å². The fourth-order valence-corrected chi connectivity index (χ4v) is 2.52. The van der Waals surface area contributed by atoms with E-state index in [0.29, 0.717) is 19.6 Å². The predicted molar refractivity (Wildman–Crippen MR) is 74.5 cm³/mol. The van der Waals surface area contributed by atoms with Crippen LogP contribution in [0.4, 0.5) is 8.78 Å². The van der Waals surface area contributed by atoms with Crippen LogP contribution in [0, 0.1) is 11.6 Å². The van der Waals surface area contributed by atoms with Crippen LogP contribution in [0.1, 0.15) is 32.0 Å². The van der Waals surface area contributed by atoms with Crippen molar-refractivity contribution >= 4 is 5.91 Å². The maximum Gasteiger partial charge on any atom is 0.244 e. The van der Waals surface area contributed by atoms with Crippen LogP contribution in [0.25, 0.3) is 0 Å². The molecule has 0 spiro atoms. The first kappa shape index (κ1) is 15.9. The summed E-state index contributed by atoms with van der Waals surface area (Å²) in [6.45, 7) is 4.38. The van der Waals surface area contributed by atoms with Gasteiger partial charge < -0.3 is 9.64 Å². The number of nitrogens with one attached hydrogen (secondary N) is 1. The van der Waals surface area contributed by atoms with Gasteiger partial charge in [-0.3, -0.25) is 10.1 Å². The van der Waals surface area contributed by atoms with Gasteiger partial charge in [-0.05, 0) is 25.5 Å². The molecule has 0 aromatic heterocycles. The van der Waals surface area contributed by atoms with Gasteiger partial charge >= 0.3 is 0 Å². The molecule has 1 fully saturated rings. The van der Waals surface area contributed by atoms with Gasteiger partial charge in [0, 0.05) is 25.3 Å². The molecule has 116 valence electrons. The van der Waals surface area contributed by atoms with Crippen molar-refractivity contribution in [3.63, 3.8) is 0 Å². The van der Waals surface area contributed by atoms with Crippen LogP contribution in [-0.2, 0) is 9.53 Å². The first-order valence-corrected chi connectivity index (χ1v) is 6.95. The smallest absolute Gasteiger partial charge is 0.244 e. The summed E-state index contributed by atoms with van der Waals surface area (Å²) in [6, 6.07) is 3.40. The predicted octanol–water partition coefficient (Wildman–Crippen LogP) is 2.21. The summed E-state index contributed by atoms with van der Waals surface area (Å²) in [6.07, 6.45) is -0.0348. The average Bonchev–Trinajstić information content (AvgIpc) is 2.70. The molecule has 1 saturated heterocycles. The molecular formula is C15H20F2N2O2. The normalized spacial score (nSPS) is 25.7. The lowest BCUT2D eigenvalue weighted by molar-refractivity contribution is -0.133. The molecule has 0 radical (unpaired) electrons. The molecule has 2 unspecified atom stereocenters. The van der Waals surface area contributed by atoms with Crippen LogP contribution in [0.3, 0.4) is 0 Å². The first-order valence-electron chi connectivity index (χ1n) is 6.95. The Bertz CT molecular complexity index is 538. The van der Waals surface area contributed by atoms with E-state index < -0.39 is 23.3 Å². The number of ether oxygens (including phenoxy) is 1. The van der Waals surface area contributed by atoms with Crippen molar-refractivity contribution < 1.29 is 18.3 Å². The summed E-state index contributed by atoms with van der Waals surface area (Å²) >= 11 is 0. The lowest BCUT2D eigenvalue weighted by Crippen LogP contribution is -2.43. The molecule has 1 N–H and O–H groups in total. The molecule has 6 heteroatoms. The Labute approximate surface area is 123 Å². The third-order valence-corrected chi connectivity index (χ3v) is 4.00. The number of halogens is 2. The minimum absolute atomic E-state index is 0.101. The van der Waals surface area contributed by atoms with Crippen LogP contribution in [-0.4, -0.2) is 36.6 Å². The van der Waals surface area contributed by atoms with Crippen molar-refractivity contribution in [1.82, 2.24) is 10.2 Å². The van der Waals surface area contributed by atoms with E-state index in [0.717, 1.165) is 6.07 Å². The maximum atomic E-state index is 14.0. The number of rotatable bonds is 5. The minimum atomic E-state index is -0.751. The van der Waals surface area contributed by atoms with Gasteiger partial charge in [0.05, 0.1) is 12.1 Å².